The lowest BCUT2D eigenvalue weighted by atomic mass is 9.99. The number of halogens is 1. The molecular formula is C8H9ClN2O2. The van der Waals surface area contributed by atoms with E-state index in [-0.39, 0.29) is 5.92 Å². The fourth-order valence-electron chi connectivity index (χ4n) is 1.63. The summed E-state index contributed by atoms with van der Waals surface area (Å²) < 4.78 is 1.82. The van der Waals surface area contributed by atoms with Crippen molar-refractivity contribution in [3.8, 4) is 0 Å². The number of rotatable bonds is 1. The summed E-state index contributed by atoms with van der Waals surface area (Å²) in [7, 11) is 0. The third-order valence-electron chi connectivity index (χ3n) is 2.39. The molecule has 1 unspecified atom stereocenters. The number of aromatic nitrogens is 2. The number of nitrogens with zero attached hydrogens (tertiary/aromatic N) is 2. The van der Waals surface area contributed by atoms with Crippen LogP contribution < -0.4 is 0 Å². The molecule has 1 aliphatic heterocycles. The van der Waals surface area contributed by atoms with Gasteiger partial charge in [-0.1, -0.05) is 11.6 Å². The van der Waals surface area contributed by atoms with Gasteiger partial charge < -0.3 is 9.67 Å². The molecule has 1 aromatic heterocycles. The Hall–Kier alpha value is -1.03. The fraction of sp³-hybridized carbons (Fsp3) is 0.500. The van der Waals surface area contributed by atoms with E-state index in [9.17, 15) is 4.79 Å². The van der Waals surface area contributed by atoms with Gasteiger partial charge in [-0.15, -0.1) is 0 Å². The van der Waals surface area contributed by atoms with Gasteiger partial charge in [-0.3, -0.25) is 4.79 Å². The van der Waals surface area contributed by atoms with Gasteiger partial charge in [0, 0.05) is 6.54 Å². The molecule has 1 atom stereocenters. The van der Waals surface area contributed by atoms with Crippen LogP contribution in [0.1, 0.15) is 12.1 Å². The van der Waals surface area contributed by atoms with Crippen molar-refractivity contribution < 1.29 is 9.90 Å². The van der Waals surface area contributed by atoms with Crippen molar-refractivity contribution in [3.63, 3.8) is 0 Å². The van der Waals surface area contributed by atoms with E-state index in [0.717, 1.165) is 5.69 Å². The van der Waals surface area contributed by atoms with Crippen molar-refractivity contribution in [1.82, 2.24) is 9.55 Å². The van der Waals surface area contributed by atoms with Gasteiger partial charge in [-0.25, -0.2) is 4.98 Å². The minimum atomic E-state index is -0.740. The Morgan fingerprint density at radius 3 is 3.23 bits per heavy atom. The second-order valence-electron chi connectivity index (χ2n) is 3.21. The number of hydrogen-bond donors (Lipinski definition) is 1. The van der Waals surface area contributed by atoms with E-state index in [0.29, 0.717) is 24.5 Å². The van der Waals surface area contributed by atoms with Crippen LogP contribution in [0, 0.1) is 5.92 Å². The lowest BCUT2D eigenvalue weighted by Gasteiger charge is -2.20. The van der Waals surface area contributed by atoms with Gasteiger partial charge in [0.25, 0.3) is 0 Å². The van der Waals surface area contributed by atoms with Crippen LogP contribution in [0.5, 0.6) is 0 Å². The Morgan fingerprint density at radius 2 is 2.54 bits per heavy atom. The smallest absolute Gasteiger partial charge is 0.308 e. The average molecular weight is 201 g/mol. The van der Waals surface area contributed by atoms with Crippen LogP contribution in [0.15, 0.2) is 6.33 Å². The Balaban J connectivity index is 2.25. The molecule has 2 rings (SSSR count). The molecule has 0 aliphatic carbocycles. The highest BCUT2D eigenvalue weighted by Gasteiger charge is 2.25. The zero-order chi connectivity index (χ0) is 9.42. The number of aliphatic carboxylic acids is 1. The first-order valence-electron chi connectivity index (χ1n) is 4.11. The molecule has 1 N–H and O–H groups in total. The molecule has 1 aliphatic rings. The predicted octanol–water partition coefficient (Wildman–Crippen LogP) is 1.18. The summed E-state index contributed by atoms with van der Waals surface area (Å²) in [5, 5.41) is 9.31. The Morgan fingerprint density at radius 1 is 1.77 bits per heavy atom. The Labute approximate surface area is 80.1 Å². The molecule has 4 nitrogen and oxygen atoms in total. The minimum Gasteiger partial charge on any atom is -0.481 e. The van der Waals surface area contributed by atoms with Crippen LogP contribution in [-0.2, 0) is 17.8 Å². The molecule has 0 saturated heterocycles. The van der Waals surface area contributed by atoms with E-state index in [1.54, 1.807) is 6.33 Å². The zero-order valence-electron chi connectivity index (χ0n) is 6.90. The van der Waals surface area contributed by atoms with E-state index in [4.69, 9.17) is 16.7 Å². The van der Waals surface area contributed by atoms with Crippen molar-refractivity contribution in [2.75, 3.05) is 0 Å². The number of carbonyl (C=O) groups is 1. The summed E-state index contributed by atoms with van der Waals surface area (Å²) in [6.45, 7) is 0.490. The first kappa shape index (κ1) is 8.56. The number of fused-ring (bicyclic) bond motifs is 1. The summed E-state index contributed by atoms with van der Waals surface area (Å²) in [6, 6.07) is 0. The van der Waals surface area contributed by atoms with Gasteiger partial charge in [0.1, 0.15) is 5.15 Å². The summed E-state index contributed by atoms with van der Waals surface area (Å²) in [4.78, 5) is 14.6. The van der Waals surface area contributed by atoms with Gasteiger partial charge in [0.2, 0.25) is 0 Å². The molecule has 0 spiro atoms. The zero-order valence-corrected chi connectivity index (χ0v) is 7.66. The van der Waals surface area contributed by atoms with Gasteiger partial charge in [0.15, 0.2) is 0 Å². The van der Waals surface area contributed by atoms with E-state index in [1.165, 1.54) is 0 Å². The third-order valence-corrected chi connectivity index (χ3v) is 2.71. The maximum atomic E-state index is 10.7. The second-order valence-corrected chi connectivity index (χ2v) is 3.57. The largest absolute Gasteiger partial charge is 0.481 e. The molecule has 2 heterocycles. The first-order valence-corrected chi connectivity index (χ1v) is 4.48. The van der Waals surface area contributed by atoms with E-state index in [1.807, 2.05) is 4.57 Å². The molecule has 70 valence electrons. The lowest BCUT2D eigenvalue weighted by Crippen LogP contribution is -2.25. The second kappa shape index (κ2) is 3.03. The summed E-state index contributed by atoms with van der Waals surface area (Å²) in [5.41, 5.74) is 0.958. The Kier molecular flexibility index (Phi) is 2.00. The molecule has 0 radical (unpaired) electrons. The molecule has 0 saturated carbocycles. The molecular weight excluding hydrogens is 192 g/mol. The lowest BCUT2D eigenvalue weighted by molar-refractivity contribution is -0.142. The number of carboxylic acid groups (broad SMARTS) is 1. The maximum absolute atomic E-state index is 10.7. The van der Waals surface area contributed by atoms with Crippen LogP contribution in [0.2, 0.25) is 5.15 Å². The number of imidazole rings is 1. The quantitative estimate of drug-likeness (QED) is 0.741. The van der Waals surface area contributed by atoms with Crippen molar-refractivity contribution in [2.24, 2.45) is 5.92 Å². The van der Waals surface area contributed by atoms with Crippen molar-refractivity contribution >= 4 is 17.6 Å². The summed E-state index contributed by atoms with van der Waals surface area (Å²) in [5.74, 6) is -1.03. The third kappa shape index (κ3) is 1.42. The average Bonchev–Trinajstić information content (AvgIpc) is 2.47. The predicted molar refractivity (Wildman–Crippen MR) is 46.7 cm³/mol. The molecule has 5 heteroatoms. The van der Waals surface area contributed by atoms with Crippen molar-refractivity contribution in [1.29, 1.82) is 0 Å². The fourth-order valence-corrected chi connectivity index (χ4v) is 1.88. The van der Waals surface area contributed by atoms with Crippen LogP contribution >= 0.6 is 11.6 Å². The summed E-state index contributed by atoms with van der Waals surface area (Å²) in [6.07, 6.45) is 2.96. The van der Waals surface area contributed by atoms with E-state index >= 15 is 0 Å². The van der Waals surface area contributed by atoms with Gasteiger partial charge >= 0.3 is 5.97 Å². The maximum Gasteiger partial charge on any atom is 0.308 e. The van der Waals surface area contributed by atoms with E-state index < -0.39 is 5.97 Å². The minimum absolute atomic E-state index is 0.294. The normalized spacial score (nSPS) is 21.2. The van der Waals surface area contributed by atoms with Gasteiger partial charge in [-0.05, 0) is 12.8 Å². The van der Waals surface area contributed by atoms with Crippen LogP contribution in [0.25, 0.3) is 0 Å². The topological polar surface area (TPSA) is 55.1 Å². The monoisotopic (exact) mass is 200 g/mol. The molecule has 1 aromatic rings. The number of carboxylic acids is 1. The highest BCUT2D eigenvalue weighted by atomic mass is 35.5. The van der Waals surface area contributed by atoms with Crippen molar-refractivity contribution in [2.45, 2.75) is 19.4 Å². The first-order chi connectivity index (χ1) is 6.18. The van der Waals surface area contributed by atoms with Crippen LogP contribution in [0.4, 0.5) is 0 Å². The standard InChI is InChI=1S/C8H9ClN2O2/c9-7-6-2-1-5(8(12)13)3-11(6)4-10-7/h4-5H,1-3H2,(H,12,13). The molecule has 0 bridgehead atoms. The van der Waals surface area contributed by atoms with Crippen LogP contribution in [0.3, 0.4) is 0 Å². The Bertz CT molecular complexity index is 348. The molecule has 13 heavy (non-hydrogen) atoms. The highest BCUT2D eigenvalue weighted by molar-refractivity contribution is 6.30. The highest BCUT2D eigenvalue weighted by Crippen LogP contribution is 2.24. The molecule has 0 amide bonds. The van der Waals surface area contributed by atoms with Gasteiger partial charge in [0.05, 0.1) is 17.9 Å². The van der Waals surface area contributed by atoms with E-state index in [2.05, 4.69) is 4.98 Å². The SMILES string of the molecule is O=C(O)C1CCc2c(Cl)ncn2C1. The van der Waals surface area contributed by atoms with Crippen molar-refractivity contribution in [3.05, 3.63) is 17.2 Å². The molecule has 0 aromatic carbocycles. The number of hydrogen-bond acceptors (Lipinski definition) is 2. The summed E-state index contributed by atoms with van der Waals surface area (Å²) >= 11 is 5.81. The van der Waals surface area contributed by atoms with Gasteiger partial charge in [-0.2, -0.15) is 0 Å². The van der Waals surface area contributed by atoms with Crippen LogP contribution in [-0.4, -0.2) is 20.6 Å². The molecule has 0 fully saturated rings.